The van der Waals surface area contributed by atoms with Crippen molar-refractivity contribution in [1.29, 1.82) is 0 Å². The van der Waals surface area contributed by atoms with Crippen molar-refractivity contribution in [2.75, 3.05) is 39.0 Å². The molecule has 0 spiro atoms. The number of fused-ring (bicyclic) bond motifs is 1. The number of ether oxygens (including phenoxy) is 2. The van der Waals surface area contributed by atoms with E-state index in [-0.39, 0.29) is 23.8 Å². The van der Waals surface area contributed by atoms with Gasteiger partial charge in [-0.3, -0.25) is 0 Å². The number of rotatable bonds is 6. The highest BCUT2D eigenvalue weighted by molar-refractivity contribution is 7.89. The molecule has 1 saturated heterocycles. The number of hydrogen-bond donors (Lipinski definition) is 2. The zero-order valence-electron chi connectivity index (χ0n) is 15.5. The third-order valence-electron chi connectivity index (χ3n) is 4.88. The fourth-order valence-electron chi connectivity index (χ4n) is 3.44. The number of carbonyl (C=O) groups excluding carboxylic acids is 1. The number of hydrogen-bond acceptors (Lipinski definition) is 5. The van der Waals surface area contributed by atoms with Gasteiger partial charge in [-0.05, 0) is 37.9 Å². The predicted molar refractivity (Wildman–Crippen MR) is 102 cm³/mol. The van der Waals surface area contributed by atoms with Gasteiger partial charge < -0.3 is 19.7 Å². The quantitative estimate of drug-likeness (QED) is 0.752. The molecule has 2 N–H and O–H groups in total. The van der Waals surface area contributed by atoms with Crippen molar-refractivity contribution in [3.63, 3.8) is 0 Å². The molecule has 1 fully saturated rings. The summed E-state index contributed by atoms with van der Waals surface area (Å²) < 4.78 is 37.3. The maximum Gasteiger partial charge on any atom is 0.317 e. The van der Waals surface area contributed by atoms with E-state index < -0.39 is 10.0 Å². The number of sulfonamides is 1. The average molecular weight is 397 g/mol. The van der Waals surface area contributed by atoms with E-state index in [1.807, 2.05) is 24.3 Å². The number of nitrogens with one attached hydrogen (secondary N) is 2. The third kappa shape index (κ3) is 5.49. The highest BCUT2D eigenvalue weighted by Crippen LogP contribution is 2.31. The molecule has 0 aliphatic carbocycles. The maximum atomic E-state index is 12.4. The molecular weight excluding hydrogens is 370 g/mol. The lowest BCUT2D eigenvalue weighted by atomic mass is 10.0. The van der Waals surface area contributed by atoms with Gasteiger partial charge >= 0.3 is 6.03 Å². The standard InChI is InChI=1S/C18H27N3O5S/c1-19-27(23,24)13-14-5-4-10-21(11-14)18(22)20-9-8-15-12-25-16-6-2-3-7-17(16)26-15/h2-3,6-7,14-15,19H,4-5,8-13H2,1H3,(H,20,22). The molecule has 0 bridgehead atoms. The summed E-state index contributed by atoms with van der Waals surface area (Å²) in [6.45, 7) is 2.05. The summed E-state index contributed by atoms with van der Waals surface area (Å²) in [4.78, 5) is 14.1. The van der Waals surface area contributed by atoms with Crippen LogP contribution in [0.15, 0.2) is 24.3 Å². The van der Waals surface area contributed by atoms with E-state index in [9.17, 15) is 13.2 Å². The van der Waals surface area contributed by atoms with Gasteiger partial charge in [-0.1, -0.05) is 12.1 Å². The van der Waals surface area contributed by atoms with Crippen LogP contribution in [0.5, 0.6) is 11.5 Å². The zero-order valence-corrected chi connectivity index (χ0v) is 16.3. The van der Waals surface area contributed by atoms with Crippen molar-refractivity contribution < 1.29 is 22.7 Å². The largest absolute Gasteiger partial charge is 0.486 e. The molecule has 2 heterocycles. The Morgan fingerprint density at radius 3 is 2.85 bits per heavy atom. The van der Waals surface area contributed by atoms with E-state index >= 15 is 0 Å². The Morgan fingerprint density at radius 2 is 2.07 bits per heavy atom. The molecule has 1 aromatic carbocycles. The Balaban J connectivity index is 1.42. The molecule has 0 radical (unpaired) electrons. The number of nitrogens with zero attached hydrogens (tertiary/aromatic N) is 1. The lowest BCUT2D eigenvalue weighted by Gasteiger charge is -2.33. The monoisotopic (exact) mass is 397 g/mol. The van der Waals surface area contributed by atoms with Gasteiger partial charge in [0.2, 0.25) is 10.0 Å². The van der Waals surface area contributed by atoms with Gasteiger partial charge in [0, 0.05) is 26.1 Å². The predicted octanol–water partition coefficient (Wildman–Crippen LogP) is 1.19. The number of para-hydroxylation sites is 2. The number of likely N-dealkylation sites (tertiary alicyclic amines) is 1. The van der Waals surface area contributed by atoms with Crippen molar-refractivity contribution in [1.82, 2.24) is 14.9 Å². The minimum absolute atomic E-state index is 0.0338. The van der Waals surface area contributed by atoms with E-state index in [4.69, 9.17) is 9.47 Å². The molecule has 27 heavy (non-hydrogen) atoms. The molecule has 0 aromatic heterocycles. The van der Waals surface area contributed by atoms with E-state index in [0.717, 1.165) is 24.3 Å². The summed E-state index contributed by atoms with van der Waals surface area (Å²) in [6.07, 6.45) is 2.17. The fourth-order valence-corrected chi connectivity index (χ4v) is 4.50. The van der Waals surface area contributed by atoms with Gasteiger partial charge in [0.15, 0.2) is 11.5 Å². The van der Waals surface area contributed by atoms with E-state index in [1.165, 1.54) is 7.05 Å². The molecule has 1 aromatic rings. The summed E-state index contributed by atoms with van der Waals surface area (Å²) in [5.74, 6) is 1.49. The lowest BCUT2D eigenvalue weighted by Crippen LogP contribution is -2.48. The van der Waals surface area contributed by atoms with Gasteiger partial charge in [0.1, 0.15) is 12.7 Å². The third-order valence-corrected chi connectivity index (χ3v) is 6.41. The number of piperidine rings is 1. The Morgan fingerprint density at radius 1 is 1.30 bits per heavy atom. The van der Waals surface area contributed by atoms with Crippen LogP contribution < -0.4 is 19.5 Å². The number of benzene rings is 1. The smallest absolute Gasteiger partial charge is 0.317 e. The van der Waals surface area contributed by atoms with Crippen molar-refractivity contribution in [2.24, 2.45) is 5.92 Å². The van der Waals surface area contributed by atoms with E-state index in [0.29, 0.717) is 32.7 Å². The van der Waals surface area contributed by atoms with Crippen molar-refractivity contribution in [3.8, 4) is 11.5 Å². The van der Waals surface area contributed by atoms with Crippen LogP contribution in [0.2, 0.25) is 0 Å². The first kappa shape index (κ1) is 19.8. The highest BCUT2D eigenvalue weighted by Gasteiger charge is 2.27. The van der Waals surface area contributed by atoms with Crippen molar-refractivity contribution in [2.45, 2.75) is 25.4 Å². The molecule has 0 saturated carbocycles. The molecule has 2 atom stereocenters. The van der Waals surface area contributed by atoms with Gasteiger partial charge in [-0.2, -0.15) is 0 Å². The zero-order chi connectivity index (χ0) is 19.3. The number of carbonyl (C=O) groups is 1. The second-order valence-corrected chi connectivity index (χ2v) is 8.93. The highest BCUT2D eigenvalue weighted by atomic mass is 32.2. The van der Waals surface area contributed by atoms with Crippen molar-refractivity contribution >= 4 is 16.1 Å². The number of amides is 2. The van der Waals surface area contributed by atoms with Crippen LogP contribution in [0.1, 0.15) is 19.3 Å². The van der Waals surface area contributed by atoms with Gasteiger partial charge in [-0.25, -0.2) is 17.9 Å². The maximum absolute atomic E-state index is 12.4. The van der Waals surface area contributed by atoms with Crippen LogP contribution >= 0.6 is 0 Å². The summed E-state index contributed by atoms with van der Waals surface area (Å²) in [5, 5.41) is 2.91. The number of urea groups is 1. The van der Waals surface area contributed by atoms with Gasteiger partial charge in [-0.15, -0.1) is 0 Å². The molecule has 150 valence electrons. The first-order chi connectivity index (χ1) is 13.0. The Labute approximate surface area is 160 Å². The van der Waals surface area contributed by atoms with Gasteiger partial charge in [0.05, 0.1) is 5.75 Å². The summed E-state index contributed by atoms with van der Waals surface area (Å²) in [6, 6.07) is 7.38. The van der Waals surface area contributed by atoms with Crippen LogP contribution in [-0.4, -0.2) is 64.5 Å². The van der Waals surface area contributed by atoms with Gasteiger partial charge in [0.25, 0.3) is 0 Å². The molecule has 2 aliphatic rings. The second-order valence-electron chi connectivity index (χ2n) is 6.96. The minimum Gasteiger partial charge on any atom is -0.486 e. The first-order valence-corrected chi connectivity index (χ1v) is 10.9. The Kier molecular flexibility index (Phi) is 6.43. The molecule has 8 nitrogen and oxygen atoms in total. The van der Waals surface area contributed by atoms with Crippen LogP contribution in [0, 0.1) is 5.92 Å². The van der Waals surface area contributed by atoms with Crippen LogP contribution in [0.25, 0.3) is 0 Å². The van der Waals surface area contributed by atoms with E-state index in [2.05, 4.69) is 10.0 Å². The Hall–Kier alpha value is -2.00. The van der Waals surface area contributed by atoms with Crippen LogP contribution in [-0.2, 0) is 10.0 Å². The molecule has 2 aliphatic heterocycles. The lowest BCUT2D eigenvalue weighted by molar-refractivity contribution is 0.0846. The normalized spacial score (nSPS) is 22.3. The molecule has 2 unspecified atom stereocenters. The Bertz CT molecular complexity index is 755. The summed E-state index contributed by atoms with van der Waals surface area (Å²) in [7, 11) is -1.85. The SMILES string of the molecule is CNS(=O)(=O)CC1CCCN(C(=O)NCCC2COc3ccccc3O2)C1. The van der Waals surface area contributed by atoms with E-state index in [1.54, 1.807) is 4.90 Å². The van der Waals surface area contributed by atoms with Crippen LogP contribution in [0.4, 0.5) is 4.79 Å². The fraction of sp³-hybridized carbons (Fsp3) is 0.611. The average Bonchev–Trinajstić information content (AvgIpc) is 2.67. The molecule has 2 amide bonds. The topological polar surface area (TPSA) is 97.0 Å². The second kappa shape index (κ2) is 8.79. The molecular formula is C18H27N3O5S. The molecule has 9 heteroatoms. The summed E-state index contributed by atoms with van der Waals surface area (Å²) in [5.41, 5.74) is 0. The minimum atomic E-state index is -3.26. The molecule has 3 rings (SSSR count). The van der Waals surface area contributed by atoms with Crippen molar-refractivity contribution in [3.05, 3.63) is 24.3 Å². The van der Waals surface area contributed by atoms with Crippen LogP contribution in [0.3, 0.4) is 0 Å². The first-order valence-electron chi connectivity index (χ1n) is 9.29. The summed E-state index contributed by atoms with van der Waals surface area (Å²) >= 11 is 0.